The van der Waals surface area contributed by atoms with E-state index in [1.807, 2.05) is 12.1 Å². The Morgan fingerprint density at radius 3 is 2.38 bits per heavy atom. The summed E-state index contributed by atoms with van der Waals surface area (Å²) in [4.78, 5) is 4.94. The molecule has 4 rings (SSSR count). The minimum atomic E-state index is 0.746. The van der Waals surface area contributed by atoms with E-state index in [9.17, 15) is 0 Å². The molecule has 0 unspecified atom stereocenters. The predicted molar refractivity (Wildman–Crippen MR) is 117 cm³/mol. The van der Waals surface area contributed by atoms with Crippen molar-refractivity contribution in [3.05, 3.63) is 71.4 Å². The van der Waals surface area contributed by atoms with Crippen molar-refractivity contribution in [2.24, 2.45) is 0 Å². The standard InChI is InChI=1S/C24H30N4O/c1-19-15-24(28(25-19)18-20-7-9-23(29-3)10-8-20)22-6-4-5-21(16-22)17-27-13-11-26(2)12-14-27/h4-10,15-16H,11-14,17-18H2,1-3H3. The summed E-state index contributed by atoms with van der Waals surface area (Å²) in [5.74, 6) is 0.877. The summed E-state index contributed by atoms with van der Waals surface area (Å²) in [6.45, 7) is 8.37. The van der Waals surface area contributed by atoms with Gasteiger partial charge in [-0.2, -0.15) is 5.10 Å². The van der Waals surface area contributed by atoms with Gasteiger partial charge < -0.3 is 9.64 Å². The van der Waals surface area contributed by atoms with Crippen molar-refractivity contribution in [1.82, 2.24) is 19.6 Å². The number of aryl methyl sites for hydroxylation is 1. The Morgan fingerprint density at radius 2 is 1.66 bits per heavy atom. The van der Waals surface area contributed by atoms with E-state index in [2.05, 4.69) is 70.9 Å². The molecule has 0 radical (unpaired) electrons. The summed E-state index contributed by atoms with van der Waals surface area (Å²) >= 11 is 0. The second-order valence-electron chi connectivity index (χ2n) is 7.96. The van der Waals surface area contributed by atoms with E-state index in [-0.39, 0.29) is 0 Å². The fourth-order valence-electron chi connectivity index (χ4n) is 3.90. The van der Waals surface area contributed by atoms with Crippen LogP contribution in [0.2, 0.25) is 0 Å². The molecule has 0 amide bonds. The molecule has 5 nitrogen and oxygen atoms in total. The second-order valence-corrected chi connectivity index (χ2v) is 7.96. The van der Waals surface area contributed by atoms with Crippen molar-refractivity contribution in [3.63, 3.8) is 0 Å². The van der Waals surface area contributed by atoms with Crippen molar-refractivity contribution in [2.45, 2.75) is 20.0 Å². The van der Waals surface area contributed by atoms with Crippen molar-refractivity contribution in [3.8, 4) is 17.0 Å². The second kappa shape index (κ2) is 8.80. The minimum Gasteiger partial charge on any atom is -0.497 e. The van der Waals surface area contributed by atoms with Gasteiger partial charge in [0, 0.05) is 38.3 Å². The van der Waals surface area contributed by atoms with Gasteiger partial charge in [-0.15, -0.1) is 0 Å². The van der Waals surface area contributed by atoms with Crippen LogP contribution in [0.15, 0.2) is 54.6 Å². The van der Waals surface area contributed by atoms with Crippen molar-refractivity contribution in [2.75, 3.05) is 40.3 Å². The normalized spacial score (nSPS) is 15.6. The first kappa shape index (κ1) is 19.7. The van der Waals surface area contributed by atoms with Crippen LogP contribution in [0.3, 0.4) is 0 Å². The fourth-order valence-corrected chi connectivity index (χ4v) is 3.90. The van der Waals surface area contributed by atoms with Crippen molar-refractivity contribution in [1.29, 1.82) is 0 Å². The quantitative estimate of drug-likeness (QED) is 0.643. The molecule has 1 aromatic heterocycles. The molecule has 0 saturated carbocycles. The van der Waals surface area contributed by atoms with E-state index in [0.717, 1.165) is 50.7 Å². The van der Waals surface area contributed by atoms with Crippen LogP contribution in [-0.4, -0.2) is 59.9 Å². The highest BCUT2D eigenvalue weighted by Gasteiger charge is 2.15. The highest BCUT2D eigenvalue weighted by Crippen LogP contribution is 2.24. The molecule has 0 bridgehead atoms. The van der Waals surface area contributed by atoms with Crippen LogP contribution in [0.4, 0.5) is 0 Å². The highest BCUT2D eigenvalue weighted by atomic mass is 16.5. The zero-order valence-corrected chi connectivity index (χ0v) is 17.6. The Kier molecular flexibility index (Phi) is 5.97. The number of aromatic nitrogens is 2. The van der Waals surface area contributed by atoms with Gasteiger partial charge in [0.2, 0.25) is 0 Å². The largest absolute Gasteiger partial charge is 0.497 e. The van der Waals surface area contributed by atoms with Gasteiger partial charge in [0.1, 0.15) is 5.75 Å². The van der Waals surface area contributed by atoms with Gasteiger partial charge in [0.05, 0.1) is 25.0 Å². The molecule has 3 aromatic rings. The summed E-state index contributed by atoms with van der Waals surface area (Å²) < 4.78 is 7.37. The third-order valence-electron chi connectivity index (χ3n) is 5.62. The molecule has 0 N–H and O–H groups in total. The molecule has 152 valence electrons. The number of methoxy groups -OCH3 is 1. The van der Waals surface area contributed by atoms with Crippen molar-refractivity contribution < 1.29 is 4.74 Å². The Morgan fingerprint density at radius 1 is 0.897 bits per heavy atom. The number of likely N-dealkylation sites (N-methyl/N-ethyl adjacent to an activating group) is 1. The van der Waals surface area contributed by atoms with Crippen LogP contribution in [0.25, 0.3) is 11.3 Å². The van der Waals surface area contributed by atoms with Gasteiger partial charge >= 0.3 is 0 Å². The molecule has 0 atom stereocenters. The number of piperazine rings is 1. The molecule has 29 heavy (non-hydrogen) atoms. The summed E-state index contributed by atoms with van der Waals surface area (Å²) in [5, 5.41) is 4.75. The van der Waals surface area contributed by atoms with E-state index in [0.29, 0.717) is 0 Å². The molecular formula is C24H30N4O. The van der Waals surface area contributed by atoms with Crippen LogP contribution in [0.5, 0.6) is 5.75 Å². The van der Waals surface area contributed by atoms with Crippen LogP contribution in [0, 0.1) is 6.92 Å². The maximum absolute atomic E-state index is 5.27. The first-order chi connectivity index (χ1) is 14.1. The smallest absolute Gasteiger partial charge is 0.118 e. The number of hydrogen-bond acceptors (Lipinski definition) is 4. The number of ether oxygens (including phenoxy) is 1. The number of hydrogen-bond donors (Lipinski definition) is 0. The molecule has 0 aliphatic carbocycles. The van der Waals surface area contributed by atoms with Crippen LogP contribution < -0.4 is 4.74 Å². The maximum atomic E-state index is 5.27. The zero-order chi connectivity index (χ0) is 20.2. The number of benzene rings is 2. The lowest BCUT2D eigenvalue weighted by molar-refractivity contribution is 0.148. The average molecular weight is 391 g/mol. The molecule has 2 aromatic carbocycles. The van der Waals surface area contributed by atoms with E-state index >= 15 is 0 Å². The molecule has 1 saturated heterocycles. The van der Waals surface area contributed by atoms with Crippen LogP contribution in [-0.2, 0) is 13.1 Å². The van der Waals surface area contributed by atoms with Gasteiger partial charge in [-0.1, -0.05) is 30.3 Å². The number of rotatable bonds is 6. The third-order valence-corrected chi connectivity index (χ3v) is 5.62. The summed E-state index contributed by atoms with van der Waals surface area (Å²) in [6, 6.07) is 19.3. The lowest BCUT2D eigenvalue weighted by Gasteiger charge is -2.32. The van der Waals surface area contributed by atoms with Crippen molar-refractivity contribution >= 4 is 0 Å². The minimum absolute atomic E-state index is 0.746. The Hall–Kier alpha value is -2.63. The number of nitrogens with zero attached hydrogens (tertiary/aromatic N) is 4. The Bertz CT molecular complexity index is 940. The van der Waals surface area contributed by atoms with Gasteiger partial charge in [-0.05, 0) is 49.4 Å². The van der Waals surface area contributed by atoms with E-state index in [1.165, 1.54) is 22.4 Å². The van der Waals surface area contributed by atoms with Crippen LogP contribution in [0.1, 0.15) is 16.8 Å². The molecule has 0 spiro atoms. The first-order valence-corrected chi connectivity index (χ1v) is 10.3. The molecule has 1 fully saturated rings. The maximum Gasteiger partial charge on any atom is 0.118 e. The van der Waals surface area contributed by atoms with E-state index < -0.39 is 0 Å². The van der Waals surface area contributed by atoms with E-state index in [4.69, 9.17) is 9.84 Å². The monoisotopic (exact) mass is 390 g/mol. The lowest BCUT2D eigenvalue weighted by atomic mass is 10.1. The molecule has 1 aliphatic heterocycles. The van der Waals surface area contributed by atoms with E-state index in [1.54, 1.807) is 7.11 Å². The van der Waals surface area contributed by atoms with Gasteiger partial charge in [0.15, 0.2) is 0 Å². The average Bonchev–Trinajstić information content (AvgIpc) is 3.10. The van der Waals surface area contributed by atoms with Crippen LogP contribution >= 0.6 is 0 Å². The summed E-state index contributed by atoms with van der Waals surface area (Å²) in [5.41, 5.74) is 6.01. The van der Waals surface area contributed by atoms with Gasteiger partial charge in [-0.25, -0.2) is 0 Å². The lowest BCUT2D eigenvalue weighted by Crippen LogP contribution is -2.43. The predicted octanol–water partition coefficient (Wildman–Crippen LogP) is 3.66. The van der Waals surface area contributed by atoms with Gasteiger partial charge in [0.25, 0.3) is 0 Å². The fraction of sp³-hybridized carbons (Fsp3) is 0.375. The first-order valence-electron chi connectivity index (χ1n) is 10.3. The summed E-state index contributed by atoms with van der Waals surface area (Å²) in [7, 11) is 3.89. The summed E-state index contributed by atoms with van der Waals surface area (Å²) in [6.07, 6.45) is 0. The molecule has 1 aliphatic rings. The Labute approximate surface area is 173 Å². The van der Waals surface area contributed by atoms with Gasteiger partial charge in [-0.3, -0.25) is 9.58 Å². The molecule has 2 heterocycles. The topological polar surface area (TPSA) is 33.5 Å². The zero-order valence-electron chi connectivity index (χ0n) is 17.6. The Balaban J connectivity index is 1.53. The SMILES string of the molecule is COc1ccc(Cn2nc(C)cc2-c2cccc(CN3CCN(C)CC3)c2)cc1. The molecular weight excluding hydrogens is 360 g/mol. The molecule has 5 heteroatoms. The third kappa shape index (κ3) is 4.86. The highest BCUT2D eigenvalue weighted by molar-refractivity contribution is 5.61.